The highest BCUT2D eigenvalue weighted by molar-refractivity contribution is 5.58. The summed E-state index contributed by atoms with van der Waals surface area (Å²) in [6.45, 7) is 2.82. The average Bonchev–Trinajstić information content (AvgIpc) is 2.49. The van der Waals surface area contributed by atoms with E-state index in [1.807, 2.05) is 0 Å². The molecule has 130 valence electrons. The number of aliphatic hydroxyl groups excluding tert-OH is 1. The fraction of sp³-hybridized carbons (Fsp3) is 0.333. The highest BCUT2D eigenvalue weighted by atomic mass is 19.4. The van der Waals surface area contributed by atoms with Gasteiger partial charge in [-0.25, -0.2) is 9.37 Å². The van der Waals surface area contributed by atoms with Gasteiger partial charge < -0.3 is 15.7 Å². The molecule has 9 heteroatoms. The van der Waals surface area contributed by atoms with Crippen LogP contribution in [0.1, 0.15) is 18.2 Å². The second kappa shape index (κ2) is 7.00. The number of halogens is 4. The first-order chi connectivity index (χ1) is 11.2. The van der Waals surface area contributed by atoms with Crippen molar-refractivity contribution in [2.24, 2.45) is 0 Å². The minimum Gasteiger partial charge on any atom is -0.394 e. The molecule has 3 N–H and O–H groups in total. The third-order valence-electron chi connectivity index (χ3n) is 3.10. The lowest BCUT2D eigenvalue weighted by Crippen LogP contribution is -2.22. The van der Waals surface area contributed by atoms with Crippen LogP contribution in [0.4, 0.5) is 35.0 Å². The van der Waals surface area contributed by atoms with Gasteiger partial charge in [-0.15, -0.1) is 0 Å². The molecule has 5 nitrogen and oxygen atoms in total. The summed E-state index contributed by atoms with van der Waals surface area (Å²) in [7, 11) is 0. The van der Waals surface area contributed by atoms with Gasteiger partial charge in [-0.05, 0) is 37.6 Å². The zero-order valence-electron chi connectivity index (χ0n) is 12.9. The van der Waals surface area contributed by atoms with Gasteiger partial charge in [0.1, 0.15) is 11.6 Å². The van der Waals surface area contributed by atoms with Gasteiger partial charge in [-0.1, -0.05) is 0 Å². The maximum absolute atomic E-state index is 13.3. The van der Waals surface area contributed by atoms with E-state index in [2.05, 4.69) is 20.6 Å². The normalized spacial score (nSPS) is 12.8. The molecule has 0 aliphatic rings. The number of hydrogen-bond donors (Lipinski definition) is 3. The van der Waals surface area contributed by atoms with Crippen molar-refractivity contribution in [3.8, 4) is 0 Å². The fourth-order valence-electron chi connectivity index (χ4n) is 1.86. The van der Waals surface area contributed by atoms with Crippen molar-refractivity contribution in [2.75, 3.05) is 17.2 Å². The van der Waals surface area contributed by atoms with E-state index in [0.717, 1.165) is 6.07 Å². The molecule has 24 heavy (non-hydrogen) atoms. The summed E-state index contributed by atoms with van der Waals surface area (Å²) >= 11 is 0. The third kappa shape index (κ3) is 4.54. The monoisotopic (exact) mass is 344 g/mol. The quantitative estimate of drug-likeness (QED) is 0.725. The van der Waals surface area contributed by atoms with E-state index in [4.69, 9.17) is 5.11 Å². The number of aryl methyl sites for hydroxylation is 1. The van der Waals surface area contributed by atoms with Crippen molar-refractivity contribution in [1.82, 2.24) is 9.97 Å². The lowest BCUT2D eigenvalue weighted by molar-refractivity contribution is -0.141. The number of benzene rings is 1. The van der Waals surface area contributed by atoms with E-state index >= 15 is 0 Å². The molecule has 0 bridgehead atoms. The lowest BCUT2D eigenvalue weighted by atomic mass is 10.2. The number of alkyl halides is 3. The van der Waals surface area contributed by atoms with Crippen LogP contribution in [0.3, 0.4) is 0 Å². The van der Waals surface area contributed by atoms with Crippen molar-refractivity contribution >= 4 is 17.5 Å². The molecule has 2 rings (SSSR count). The maximum atomic E-state index is 13.3. The van der Waals surface area contributed by atoms with Gasteiger partial charge in [0.25, 0.3) is 0 Å². The third-order valence-corrected chi connectivity index (χ3v) is 3.10. The summed E-state index contributed by atoms with van der Waals surface area (Å²) in [5, 5.41) is 14.3. The summed E-state index contributed by atoms with van der Waals surface area (Å²) in [6.07, 6.45) is -4.66. The van der Waals surface area contributed by atoms with Gasteiger partial charge in [-0.2, -0.15) is 18.2 Å². The first-order valence-corrected chi connectivity index (χ1v) is 7.06. The minimum absolute atomic E-state index is 0.101. The predicted molar refractivity (Wildman–Crippen MR) is 81.6 cm³/mol. The molecule has 0 saturated heterocycles. The highest BCUT2D eigenvalue weighted by Gasteiger charge is 2.34. The molecular weight excluding hydrogens is 328 g/mol. The zero-order valence-corrected chi connectivity index (χ0v) is 12.9. The molecule has 1 heterocycles. The van der Waals surface area contributed by atoms with Crippen LogP contribution in [0.5, 0.6) is 0 Å². The van der Waals surface area contributed by atoms with Gasteiger partial charge in [0, 0.05) is 17.8 Å². The Kier molecular flexibility index (Phi) is 5.23. The lowest BCUT2D eigenvalue weighted by Gasteiger charge is -2.15. The molecule has 2 aromatic rings. The Hall–Kier alpha value is -2.42. The van der Waals surface area contributed by atoms with Crippen LogP contribution in [0.2, 0.25) is 0 Å². The van der Waals surface area contributed by atoms with Crippen LogP contribution < -0.4 is 10.6 Å². The summed E-state index contributed by atoms with van der Waals surface area (Å²) < 4.78 is 52.2. The van der Waals surface area contributed by atoms with E-state index in [-0.39, 0.29) is 18.4 Å². The van der Waals surface area contributed by atoms with Gasteiger partial charge in [-0.3, -0.25) is 0 Å². The number of nitrogens with one attached hydrogen (secondary N) is 2. The molecule has 1 atom stereocenters. The van der Waals surface area contributed by atoms with E-state index in [9.17, 15) is 17.6 Å². The van der Waals surface area contributed by atoms with Crippen LogP contribution in [-0.2, 0) is 6.18 Å². The Morgan fingerprint density at radius 3 is 2.50 bits per heavy atom. The molecular formula is C15H16F4N4O. The summed E-state index contributed by atoms with van der Waals surface area (Å²) in [5.74, 6) is -0.790. The smallest absolute Gasteiger partial charge is 0.394 e. The molecule has 1 aromatic carbocycles. The molecule has 0 unspecified atom stereocenters. The average molecular weight is 344 g/mol. The number of anilines is 3. The number of hydrogen-bond acceptors (Lipinski definition) is 5. The first-order valence-electron chi connectivity index (χ1n) is 7.06. The fourth-order valence-corrected chi connectivity index (χ4v) is 1.86. The zero-order chi connectivity index (χ0) is 17.9. The molecule has 0 radical (unpaired) electrons. The topological polar surface area (TPSA) is 70.1 Å². The van der Waals surface area contributed by atoms with Crippen LogP contribution >= 0.6 is 0 Å². The second-order valence-electron chi connectivity index (χ2n) is 5.28. The van der Waals surface area contributed by atoms with Gasteiger partial charge >= 0.3 is 6.18 Å². The summed E-state index contributed by atoms with van der Waals surface area (Å²) in [6, 6.07) is 4.29. The molecule has 0 aliphatic heterocycles. The molecule has 0 fully saturated rings. The van der Waals surface area contributed by atoms with E-state index in [1.165, 1.54) is 25.1 Å². The Labute approximate surface area is 135 Å². The van der Waals surface area contributed by atoms with Crippen molar-refractivity contribution in [3.63, 3.8) is 0 Å². The van der Waals surface area contributed by atoms with Crippen molar-refractivity contribution in [2.45, 2.75) is 26.1 Å². The van der Waals surface area contributed by atoms with Crippen LogP contribution in [0, 0.1) is 12.7 Å². The Bertz CT molecular complexity index is 721. The van der Waals surface area contributed by atoms with E-state index < -0.39 is 23.7 Å². The predicted octanol–water partition coefficient (Wildman–Crippen LogP) is 3.48. The summed E-state index contributed by atoms with van der Waals surface area (Å²) in [4.78, 5) is 7.35. The largest absolute Gasteiger partial charge is 0.433 e. The molecule has 1 aromatic heterocycles. The van der Waals surface area contributed by atoms with Crippen LogP contribution in [-0.4, -0.2) is 27.7 Å². The molecule has 0 saturated carbocycles. The Morgan fingerprint density at radius 1 is 1.21 bits per heavy atom. The Morgan fingerprint density at radius 2 is 1.92 bits per heavy atom. The minimum atomic E-state index is -4.66. The van der Waals surface area contributed by atoms with E-state index in [0.29, 0.717) is 11.3 Å². The number of aliphatic hydroxyl groups is 1. The SMILES string of the molecule is Cc1cc(Nc2cc(C(F)(F)F)nc(N[C@@H](C)CO)n2)ccc1F. The number of nitrogens with zero attached hydrogens (tertiary/aromatic N) is 2. The standard InChI is InChI=1S/C15H16F4N4O/c1-8-5-10(3-4-11(8)16)21-13-6-12(15(17,18)19)22-14(23-13)20-9(2)7-24/h3-6,9,24H,7H2,1-2H3,(H2,20,21,22,23)/t9-/m0/s1. The Balaban J connectivity index is 2.36. The molecule has 0 spiro atoms. The van der Waals surface area contributed by atoms with Crippen LogP contribution in [0.15, 0.2) is 24.3 Å². The van der Waals surface area contributed by atoms with Crippen molar-refractivity contribution in [3.05, 3.63) is 41.3 Å². The summed E-state index contributed by atoms with van der Waals surface area (Å²) in [5.41, 5.74) is -0.397. The van der Waals surface area contributed by atoms with Crippen molar-refractivity contribution in [1.29, 1.82) is 0 Å². The first kappa shape index (κ1) is 17.9. The van der Waals surface area contributed by atoms with Gasteiger partial charge in [0.15, 0.2) is 5.69 Å². The molecule has 0 aliphatic carbocycles. The number of aromatic nitrogens is 2. The van der Waals surface area contributed by atoms with Gasteiger partial charge in [0.05, 0.1) is 6.61 Å². The molecule has 0 amide bonds. The number of rotatable bonds is 5. The van der Waals surface area contributed by atoms with E-state index in [1.54, 1.807) is 6.92 Å². The second-order valence-corrected chi connectivity index (χ2v) is 5.28. The van der Waals surface area contributed by atoms with Crippen LogP contribution in [0.25, 0.3) is 0 Å². The highest BCUT2D eigenvalue weighted by Crippen LogP contribution is 2.30. The van der Waals surface area contributed by atoms with Crippen molar-refractivity contribution < 1.29 is 22.7 Å². The van der Waals surface area contributed by atoms with Gasteiger partial charge in [0.2, 0.25) is 5.95 Å². The maximum Gasteiger partial charge on any atom is 0.433 e.